The van der Waals surface area contributed by atoms with Crippen LogP contribution in [0.25, 0.3) is 0 Å². The number of anilines is 1. The molecule has 154 valence electrons. The number of carbonyl (C=O) groups excluding carboxylic acids is 1. The van der Waals surface area contributed by atoms with Gasteiger partial charge in [0.05, 0.1) is 24.9 Å². The van der Waals surface area contributed by atoms with E-state index in [1.165, 1.54) is 0 Å². The van der Waals surface area contributed by atoms with Crippen molar-refractivity contribution in [1.29, 1.82) is 0 Å². The Hall–Kier alpha value is -2.86. The molecule has 0 radical (unpaired) electrons. The van der Waals surface area contributed by atoms with E-state index in [1.54, 1.807) is 0 Å². The molecule has 0 aromatic heterocycles. The minimum absolute atomic E-state index is 0.0902. The van der Waals surface area contributed by atoms with Gasteiger partial charge >= 0.3 is 0 Å². The lowest BCUT2D eigenvalue weighted by molar-refractivity contribution is 0.0975. The van der Waals surface area contributed by atoms with Crippen LogP contribution in [0.3, 0.4) is 0 Å². The molecule has 1 aliphatic heterocycles. The third-order valence-electron chi connectivity index (χ3n) is 4.92. The van der Waals surface area contributed by atoms with E-state index >= 15 is 0 Å². The number of guanidine groups is 1. The maximum absolute atomic E-state index is 12.8. The molecule has 1 saturated heterocycles. The molecule has 2 N–H and O–H groups in total. The zero-order valence-corrected chi connectivity index (χ0v) is 17.3. The van der Waals surface area contributed by atoms with E-state index in [1.807, 2.05) is 63.2 Å². The van der Waals surface area contributed by atoms with Gasteiger partial charge in [-0.2, -0.15) is 0 Å². The number of hydrogen-bond donors (Lipinski definition) is 2. The summed E-state index contributed by atoms with van der Waals surface area (Å²) in [5.74, 6) is 0.886. The summed E-state index contributed by atoms with van der Waals surface area (Å²) in [6.07, 6.45) is 2.12. The van der Waals surface area contributed by atoms with Gasteiger partial charge in [-0.15, -0.1) is 0 Å². The molecule has 1 amide bonds. The number of para-hydroxylation sites is 2. The lowest BCUT2D eigenvalue weighted by Gasteiger charge is -2.16. The number of rotatable bonds is 6. The number of aliphatic imine (C=N–C) groups is 1. The first-order chi connectivity index (χ1) is 14.1. The Morgan fingerprint density at radius 1 is 1.21 bits per heavy atom. The van der Waals surface area contributed by atoms with Crippen LogP contribution in [0.2, 0.25) is 0 Å². The minimum atomic E-state index is -0.208. The fourth-order valence-electron chi connectivity index (χ4n) is 3.13. The summed E-state index contributed by atoms with van der Waals surface area (Å²) < 4.78 is 11.3. The predicted molar refractivity (Wildman–Crippen MR) is 116 cm³/mol. The summed E-state index contributed by atoms with van der Waals surface area (Å²) in [4.78, 5) is 17.4. The number of carbonyl (C=O) groups is 1. The van der Waals surface area contributed by atoms with Crippen LogP contribution >= 0.6 is 0 Å². The highest BCUT2D eigenvalue weighted by molar-refractivity contribution is 6.10. The Morgan fingerprint density at radius 2 is 2.03 bits per heavy atom. The molecule has 2 aromatic carbocycles. The molecule has 0 bridgehead atoms. The van der Waals surface area contributed by atoms with Gasteiger partial charge in [0.25, 0.3) is 5.91 Å². The van der Waals surface area contributed by atoms with Crippen molar-refractivity contribution in [3.05, 3.63) is 59.2 Å². The van der Waals surface area contributed by atoms with Crippen LogP contribution in [0.15, 0.2) is 47.5 Å². The number of nitrogens with one attached hydrogen (secondary N) is 2. The Kier molecular flexibility index (Phi) is 7.25. The predicted octanol–water partition coefficient (Wildman–Crippen LogP) is 4.08. The monoisotopic (exact) mass is 395 g/mol. The molecule has 0 aliphatic carbocycles. The third-order valence-corrected chi connectivity index (χ3v) is 4.92. The summed E-state index contributed by atoms with van der Waals surface area (Å²) in [5.41, 5.74) is 3.57. The summed E-state index contributed by atoms with van der Waals surface area (Å²) in [7, 11) is 0. The van der Waals surface area contributed by atoms with Crippen LogP contribution < -0.4 is 15.4 Å². The molecule has 1 aliphatic rings. The highest BCUT2D eigenvalue weighted by Gasteiger charge is 2.17. The van der Waals surface area contributed by atoms with Gasteiger partial charge < -0.3 is 14.8 Å². The van der Waals surface area contributed by atoms with Crippen molar-refractivity contribution in [3.8, 4) is 5.75 Å². The molecule has 1 heterocycles. The molecule has 6 heteroatoms. The maximum atomic E-state index is 12.8. The van der Waals surface area contributed by atoms with E-state index < -0.39 is 0 Å². The smallest absolute Gasteiger partial charge is 0.257 e. The lowest BCUT2D eigenvalue weighted by Crippen LogP contribution is -2.37. The van der Waals surface area contributed by atoms with Crippen molar-refractivity contribution in [2.24, 2.45) is 4.99 Å². The molecule has 1 atom stereocenters. The van der Waals surface area contributed by atoms with Gasteiger partial charge in [0.1, 0.15) is 5.75 Å². The lowest BCUT2D eigenvalue weighted by atomic mass is 10.1. The largest absolute Gasteiger partial charge is 0.492 e. The molecule has 0 spiro atoms. The standard InChI is InChI=1S/C23H29N3O3/c1-4-28-21-10-6-5-9-20(21)25-23(24-15-19-8-7-13-29-19)26-22(27)18-12-11-16(2)17(3)14-18/h5-6,9-12,14,19H,4,7-8,13,15H2,1-3H3,(H2,24,25,26,27)/t19-/m1/s1. The molecule has 3 rings (SSSR count). The van der Waals surface area contributed by atoms with Gasteiger partial charge in [-0.3, -0.25) is 10.1 Å². The van der Waals surface area contributed by atoms with Gasteiger partial charge in [0, 0.05) is 12.2 Å². The van der Waals surface area contributed by atoms with E-state index in [9.17, 15) is 4.79 Å². The van der Waals surface area contributed by atoms with Crippen LogP contribution in [0.5, 0.6) is 5.75 Å². The van der Waals surface area contributed by atoms with Gasteiger partial charge in [-0.25, -0.2) is 4.99 Å². The Bertz CT molecular complexity index is 873. The number of benzene rings is 2. The maximum Gasteiger partial charge on any atom is 0.257 e. The van der Waals surface area contributed by atoms with E-state index in [2.05, 4.69) is 15.6 Å². The van der Waals surface area contributed by atoms with Crippen LogP contribution in [0, 0.1) is 13.8 Å². The second kappa shape index (κ2) is 10.1. The molecular formula is C23H29N3O3. The van der Waals surface area contributed by atoms with Crippen LogP contribution in [-0.4, -0.2) is 37.7 Å². The van der Waals surface area contributed by atoms with Gasteiger partial charge in [0.15, 0.2) is 0 Å². The number of nitrogens with zero attached hydrogens (tertiary/aromatic N) is 1. The average Bonchev–Trinajstić information content (AvgIpc) is 3.23. The highest BCUT2D eigenvalue weighted by atomic mass is 16.5. The minimum Gasteiger partial charge on any atom is -0.492 e. The molecule has 6 nitrogen and oxygen atoms in total. The number of hydrogen-bond acceptors (Lipinski definition) is 4. The SMILES string of the molecule is CCOc1ccccc1NC(=NC[C@H]1CCCO1)NC(=O)c1ccc(C)c(C)c1. The first-order valence-corrected chi connectivity index (χ1v) is 10.1. The van der Waals surface area contributed by atoms with E-state index in [0.29, 0.717) is 30.4 Å². The van der Waals surface area contributed by atoms with Crippen molar-refractivity contribution in [2.45, 2.75) is 39.7 Å². The molecule has 0 saturated carbocycles. The quantitative estimate of drug-likeness (QED) is 0.571. The topological polar surface area (TPSA) is 71.9 Å². The van der Waals surface area contributed by atoms with Crippen molar-refractivity contribution < 1.29 is 14.3 Å². The average molecular weight is 396 g/mol. The van der Waals surface area contributed by atoms with Crippen LogP contribution in [0.4, 0.5) is 5.69 Å². The number of aryl methyl sites for hydroxylation is 2. The second-order valence-electron chi connectivity index (χ2n) is 7.13. The highest BCUT2D eigenvalue weighted by Crippen LogP contribution is 2.23. The first kappa shape index (κ1) is 20.9. The van der Waals surface area contributed by atoms with E-state index in [-0.39, 0.29) is 12.0 Å². The Balaban J connectivity index is 1.79. The molecule has 29 heavy (non-hydrogen) atoms. The van der Waals surface area contributed by atoms with Crippen molar-refractivity contribution in [1.82, 2.24) is 5.32 Å². The van der Waals surface area contributed by atoms with Crippen LogP contribution in [0.1, 0.15) is 41.3 Å². The Labute approximate surface area is 172 Å². The van der Waals surface area contributed by atoms with E-state index in [0.717, 1.165) is 36.3 Å². The fourth-order valence-corrected chi connectivity index (χ4v) is 3.13. The van der Waals surface area contributed by atoms with Crippen LogP contribution in [-0.2, 0) is 4.74 Å². The van der Waals surface area contributed by atoms with Crippen molar-refractivity contribution in [3.63, 3.8) is 0 Å². The van der Waals surface area contributed by atoms with Gasteiger partial charge in [0.2, 0.25) is 5.96 Å². The second-order valence-corrected chi connectivity index (χ2v) is 7.13. The zero-order valence-electron chi connectivity index (χ0n) is 17.3. The van der Waals surface area contributed by atoms with Gasteiger partial charge in [-0.05, 0) is 69.0 Å². The Morgan fingerprint density at radius 3 is 2.76 bits per heavy atom. The van der Waals surface area contributed by atoms with Crippen molar-refractivity contribution >= 4 is 17.6 Å². The molecule has 0 unspecified atom stereocenters. The molecule has 1 fully saturated rings. The summed E-state index contributed by atoms with van der Waals surface area (Å²) in [5, 5.41) is 6.13. The number of amides is 1. The van der Waals surface area contributed by atoms with Gasteiger partial charge in [-0.1, -0.05) is 18.2 Å². The molecular weight excluding hydrogens is 366 g/mol. The summed E-state index contributed by atoms with van der Waals surface area (Å²) in [6, 6.07) is 13.3. The molecule has 2 aromatic rings. The van der Waals surface area contributed by atoms with Crippen molar-refractivity contribution in [2.75, 3.05) is 25.1 Å². The third kappa shape index (κ3) is 5.81. The van der Waals surface area contributed by atoms with E-state index in [4.69, 9.17) is 9.47 Å². The fraction of sp³-hybridized carbons (Fsp3) is 0.391. The normalized spacial score (nSPS) is 16.5. The zero-order chi connectivity index (χ0) is 20.6. The number of ether oxygens (including phenoxy) is 2. The summed E-state index contributed by atoms with van der Waals surface area (Å²) in [6.45, 7) is 7.77. The summed E-state index contributed by atoms with van der Waals surface area (Å²) >= 11 is 0. The first-order valence-electron chi connectivity index (χ1n) is 10.1.